The van der Waals surface area contributed by atoms with E-state index in [9.17, 15) is 9.59 Å². The van der Waals surface area contributed by atoms with E-state index >= 15 is 0 Å². The molecule has 2 aromatic rings. The van der Waals surface area contributed by atoms with Crippen LogP contribution in [0.1, 0.15) is 5.56 Å². The van der Waals surface area contributed by atoms with Crippen LogP contribution in [0.25, 0.3) is 6.08 Å². The van der Waals surface area contributed by atoms with Gasteiger partial charge in [-0.25, -0.2) is 0 Å². The number of nitrogens with zero attached hydrogens (tertiary/aromatic N) is 2. The number of hydrogen-bond donors (Lipinski definition) is 2. The van der Waals surface area contributed by atoms with Crippen molar-refractivity contribution in [1.29, 1.82) is 0 Å². The Labute approximate surface area is 217 Å². The molecule has 37 heavy (non-hydrogen) atoms. The molecule has 0 saturated carbocycles. The first-order valence-electron chi connectivity index (χ1n) is 11.8. The van der Waals surface area contributed by atoms with Crippen molar-refractivity contribution >= 4 is 29.3 Å². The van der Waals surface area contributed by atoms with Crippen LogP contribution in [0.3, 0.4) is 0 Å². The van der Waals surface area contributed by atoms with E-state index < -0.39 is 0 Å². The summed E-state index contributed by atoms with van der Waals surface area (Å²) in [6, 6.07) is 8.60. The second-order valence-corrected chi connectivity index (χ2v) is 8.29. The summed E-state index contributed by atoms with van der Waals surface area (Å²) in [7, 11) is 8.21. The first kappa shape index (κ1) is 27.4. The van der Waals surface area contributed by atoms with Gasteiger partial charge in [0.2, 0.25) is 11.8 Å². The van der Waals surface area contributed by atoms with Crippen molar-refractivity contribution in [2.45, 2.75) is 0 Å². The molecule has 0 unspecified atom stereocenters. The molecule has 10 heteroatoms. The normalized spacial score (nSPS) is 14.0. The van der Waals surface area contributed by atoms with E-state index in [0.29, 0.717) is 53.0 Å². The van der Waals surface area contributed by atoms with Crippen LogP contribution in [0, 0.1) is 0 Å². The molecule has 1 heterocycles. The van der Waals surface area contributed by atoms with Gasteiger partial charge >= 0.3 is 0 Å². The Hall–Kier alpha value is -4.18. The molecule has 1 saturated heterocycles. The lowest BCUT2D eigenvalue weighted by Gasteiger charge is -2.31. The summed E-state index contributed by atoms with van der Waals surface area (Å²) in [4.78, 5) is 29.1. The summed E-state index contributed by atoms with van der Waals surface area (Å²) in [6.45, 7) is 3.11. The number of hydrogen-bond acceptors (Lipinski definition) is 8. The number of methoxy groups -OCH3 is 4. The number of piperazine rings is 1. The van der Waals surface area contributed by atoms with Gasteiger partial charge in [0.15, 0.2) is 0 Å². The van der Waals surface area contributed by atoms with Crippen LogP contribution in [0.5, 0.6) is 23.0 Å². The Kier molecular flexibility index (Phi) is 9.79. The van der Waals surface area contributed by atoms with E-state index in [2.05, 4.69) is 15.5 Å². The lowest BCUT2D eigenvalue weighted by atomic mass is 10.1. The number of benzene rings is 2. The zero-order valence-electron chi connectivity index (χ0n) is 21.9. The molecule has 0 aromatic heterocycles. The summed E-state index contributed by atoms with van der Waals surface area (Å²) in [6.07, 6.45) is 6.07. The van der Waals surface area contributed by atoms with E-state index in [4.69, 9.17) is 18.9 Å². The Bertz CT molecular complexity index is 1130. The fourth-order valence-corrected chi connectivity index (χ4v) is 3.77. The summed E-state index contributed by atoms with van der Waals surface area (Å²) < 4.78 is 21.5. The van der Waals surface area contributed by atoms with Crippen LogP contribution < -0.4 is 29.6 Å². The number of nitrogens with one attached hydrogen (secondary N) is 2. The number of likely N-dealkylation sites (N-methyl/N-ethyl adjacent to an activating group) is 1. The fourth-order valence-electron chi connectivity index (χ4n) is 3.77. The summed E-state index contributed by atoms with van der Waals surface area (Å²) >= 11 is 0. The van der Waals surface area contributed by atoms with Crippen molar-refractivity contribution < 1.29 is 28.5 Å². The average molecular weight is 511 g/mol. The predicted octanol–water partition coefficient (Wildman–Crippen LogP) is 3.07. The number of rotatable bonds is 10. The first-order chi connectivity index (χ1) is 17.9. The minimum absolute atomic E-state index is 0.0569. The van der Waals surface area contributed by atoms with E-state index in [1.54, 1.807) is 56.8 Å². The zero-order valence-corrected chi connectivity index (χ0v) is 21.9. The quantitative estimate of drug-likeness (QED) is 0.471. The minimum atomic E-state index is -0.350. The number of ether oxygens (including phenoxy) is 4. The molecule has 2 N–H and O–H groups in total. The van der Waals surface area contributed by atoms with Gasteiger partial charge < -0.3 is 39.4 Å². The van der Waals surface area contributed by atoms with Gasteiger partial charge in [-0.15, -0.1) is 0 Å². The van der Waals surface area contributed by atoms with Crippen LogP contribution in [0.4, 0.5) is 11.4 Å². The van der Waals surface area contributed by atoms with Gasteiger partial charge in [0, 0.05) is 62.4 Å². The van der Waals surface area contributed by atoms with Gasteiger partial charge in [0.25, 0.3) is 0 Å². The smallest absolute Gasteiger partial charge is 0.248 e. The third-order valence-corrected chi connectivity index (χ3v) is 5.90. The van der Waals surface area contributed by atoms with Crippen molar-refractivity contribution in [3.05, 3.63) is 54.2 Å². The summed E-state index contributed by atoms with van der Waals surface area (Å²) in [5, 5.41) is 5.90. The van der Waals surface area contributed by atoms with Gasteiger partial charge in [0.05, 0.1) is 39.7 Å². The molecule has 0 atom stereocenters. The average Bonchev–Trinajstić information content (AvgIpc) is 2.91. The fraction of sp³-hybridized carbons (Fsp3) is 0.333. The summed E-state index contributed by atoms with van der Waals surface area (Å²) in [5.41, 5.74) is 1.75. The molecule has 1 fully saturated rings. The van der Waals surface area contributed by atoms with Crippen LogP contribution in [-0.2, 0) is 9.59 Å². The number of amides is 2. The second-order valence-electron chi connectivity index (χ2n) is 8.29. The van der Waals surface area contributed by atoms with E-state index in [1.807, 2.05) is 11.9 Å². The lowest BCUT2D eigenvalue weighted by Crippen LogP contribution is -2.46. The van der Waals surface area contributed by atoms with Gasteiger partial charge in [-0.2, -0.15) is 0 Å². The molecular weight excluding hydrogens is 476 g/mol. The van der Waals surface area contributed by atoms with Crippen LogP contribution in [-0.4, -0.2) is 83.3 Å². The Morgan fingerprint density at radius 2 is 1.49 bits per heavy atom. The third-order valence-electron chi connectivity index (χ3n) is 5.90. The van der Waals surface area contributed by atoms with E-state index in [-0.39, 0.29) is 11.8 Å². The highest BCUT2D eigenvalue weighted by atomic mass is 16.5. The van der Waals surface area contributed by atoms with Gasteiger partial charge in [0.1, 0.15) is 23.0 Å². The first-order valence-corrected chi connectivity index (χ1v) is 11.8. The van der Waals surface area contributed by atoms with Crippen molar-refractivity contribution in [2.75, 3.05) is 72.3 Å². The lowest BCUT2D eigenvalue weighted by molar-refractivity contribution is -0.127. The highest BCUT2D eigenvalue weighted by molar-refractivity contribution is 6.02. The van der Waals surface area contributed by atoms with E-state index in [0.717, 1.165) is 13.1 Å². The molecule has 2 amide bonds. The molecular formula is C27H34N4O6. The number of anilines is 2. The maximum atomic E-state index is 12.7. The highest BCUT2D eigenvalue weighted by Crippen LogP contribution is 2.35. The third kappa shape index (κ3) is 7.40. The Morgan fingerprint density at radius 3 is 2.08 bits per heavy atom. The zero-order chi connectivity index (χ0) is 26.8. The van der Waals surface area contributed by atoms with Crippen LogP contribution in [0.2, 0.25) is 0 Å². The maximum Gasteiger partial charge on any atom is 0.248 e. The Morgan fingerprint density at radius 1 is 0.838 bits per heavy atom. The molecule has 0 radical (unpaired) electrons. The standard InChI is InChI=1S/C27H34N4O6/c1-30-12-14-31(15-13-30)27(33)10-11-28-22-16-19(6-8-23(22)35-3)29-26(32)9-7-21-24(36-4)17-20(34-2)18-25(21)37-5/h6-11,16-18,28H,12-15H2,1-5H3,(H,29,32). The van der Waals surface area contributed by atoms with Crippen LogP contribution >= 0.6 is 0 Å². The van der Waals surface area contributed by atoms with Crippen molar-refractivity contribution in [1.82, 2.24) is 9.80 Å². The molecule has 2 aromatic carbocycles. The maximum absolute atomic E-state index is 12.7. The van der Waals surface area contributed by atoms with Crippen molar-refractivity contribution in [3.8, 4) is 23.0 Å². The summed E-state index contributed by atoms with van der Waals surface area (Å²) in [5.74, 6) is 1.75. The molecule has 0 aliphatic carbocycles. The minimum Gasteiger partial charge on any atom is -0.496 e. The molecule has 198 valence electrons. The van der Waals surface area contributed by atoms with Crippen LogP contribution in [0.15, 0.2) is 48.7 Å². The van der Waals surface area contributed by atoms with E-state index in [1.165, 1.54) is 26.4 Å². The molecule has 0 spiro atoms. The number of carbonyl (C=O) groups excluding carboxylic acids is 2. The topological polar surface area (TPSA) is 102 Å². The molecule has 1 aliphatic rings. The van der Waals surface area contributed by atoms with Crippen molar-refractivity contribution in [3.63, 3.8) is 0 Å². The number of carbonyl (C=O) groups is 2. The van der Waals surface area contributed by atoms with Gasteiger partial charge in [-0.3, -0.25) is 9.59 Å². The highest BCUT2D eigenvalue weighted by Gasteiger charge is 2.17. The Balaban J connectivity index is 1.68. The molecule has 0 bridgehead atoms. The largest absolute Gasteiger partial charge is 0.496 e. The van der Waals surface area contributed by atoms with Gasteiger partial charge in [-0.05, 0) is 31.3 Å². The molecule has 10 nitrogen and oxygen atoms in total. The van der Waals surface area contributed by atoms with Crippen molar-refractivity contribution in [2.24, 2.45) is 0 Å². The monoisotopic (exact) mass is 510 g/mol. The van der Waals surface area contributed by atoms with Gasteiger partial charge in [-0.1, -0.05) is 0 Å². The second kappa shape index (κ2) is 13.2. The predicted molar refractivity (Wildman–Crippen MR) is 144 cm³/mol. The molecule has 1 aliphatic heterocycles. The molecule has 3 rings (SSSR count). The SMILES string of the molecule is COc1cc(OC)c(C=CC(=O)Nc2ccc(OC)c(NC=CC(=O)N3CCN(C)CC3)c2)c(OC)c1.